The molecule has 6 fully saturated rings. The number of hydrogen-bond donors (Lipinski definition) is 2. The molecule has 222 valence electrons. The minimum Gasteiger partial charge on any atom is -0.491 e. The lowest BCUT2D eigenvalue weighted by Crippen LogP contribution is -2.56. The van der Waals surface area contributed by atoms with Crippen LogP contribution in [0.15, 0.2) is 24.3 Å². The number of ether oxygens (including phenoxy) is 2. The Hall–Kier alpha value is -1.34. The number of β-amino-alcohol motifs (C(OH)–C–C–N with tert-alkyl or cyclic N) is 2. The molecule has 1 aromatic rings. The predicted octanol–water partition coefficient (Wildman–Crippen LogP) is 4.68. The van der Waals surface area contributed by atoms with E-state index in [2.05, 4.69) is 51.3 Å². The summed E-state index contributed by atoms with van der Waals surface area (Å²) in [6.07, 6.45) is 4.39. The summed E-state index contributed by atoms with van der Waals surface area (Å²) in [5.74, 6) is 3.00. The second kappa shape index (κ2) is 8.61. The van der Waals surface area contributed by atoms with Gasteiger partial charge in [-0.3, -0.25) is 9.80 Å². The minimum absolute atomic E-state index is 0.291. The molecule has 6 nitrogen and oxygen atoms in total. The highest BCUT2D eigenvalue weighted by Gasteiger charge is 2.83. The van der Waals surface area contributed by atoms with E-state index in [1.807, 2.05) is 24.3 Å². The number of benzene rings is 1. The first kappa shape index (κ1) is 27.5. The molecule has 40 heavy (non-hydrogen) atoms. The van der Waals surface area contributed by atoms with Crippen molar-refractivity contribution in [2.45, 2.75) is 79.4 Å². The fourth-order valence-electron chi connectivity index (χ4n) is 11.8. The number of aliphatic hydroxyl groups excluding tert-OH is 2. The van der Waals surface area contributed by atoms with Gasteiger partial charge in [-0.15, -0.1) is 0 Å². The Balaban J connectivity index is 0.838. The Labute approximate surface area is 241 Å². The van der Waals surface area contributed by atoms with Gasteiger partial charge in [-0.1, -0.05) is 41.5 Å². The first-order valence-electron chi connectivity index (χ1n) is 15.9. The van der Waals surface area contributed by atoms with E-state index in [1.165, 1.54) is 25.7 Å². The van der Waals surface area contributed by atoms with E-state index < -0.39 is 12.2 Å². The van der Waals surface area contributed by atoms with Crippen molar-refractivity contribution in [3.05, 3.63) is 24.3 Å². The Morgan fingerprint density at radius 2 is 1.05 bits per heavy atom. The van der Waals surface area contributed by atoms with Crippen molar-refractivity contribution in [3.8, 4) is 11.5 Å². The molecule has 2 spiro atoms. The maximum Gasteiger partial charge on any atom is 0.119 e. The summed E-state index contributed by atoms with van der Waals surface area (Å²) in [4.78, 5) is 4.96. The van der Waals surface area contributed by atoms with Crippen LogP contribution in [0.2, 0.25) is 0 Å². The zero-order valence-corrected chi connectivity index (χ0v) is 25.7. The molecule has 2 saturated heterocycles. The van der Waals surface area contributed by atoms with Crippen LogP contribution in [-0.2, 0) is 0 Å². The van der Waals surface area contributed by atoms with Gasteiger partial charge in [0, 0.05) is 39.3 Å². The SMILES string of the molecule is CC12CCC13C(CN(CC(O)COc1ccc(OCC(O)CN4CC5C(C)(C)C56CCC6(C)C4)cc1)C2)C3(C)C. The molecule has 2 aliphatic heterocycles. The van der Waals surface area contributed by atoms with Crippen LogP contribution >= 0.6 is 0 Å². The van der Waals surface area contributed by atoms with E-state index in [1.54, 1.807) is 0 Å². The molecule has 0 radical (unpaired) electrons. The van der Waals surface area contributed by atoms with Gasteiger partial charge >= 0.3 is 0 Å². The quantitative estimate of drug-likeness (QED) is 0.439. The summed E-state index contributed by atoms with van der Waals surface area (Å²) in [5.41, 5.74) is 2.82. The number of hydrogen-bond acceptors (Lipinski definition) is 6. The number of likely N-dealkylation sites (tertiary alicyclic amines) is 2. The minimum atomic E-state index is -0.507. The second-order valence-electron chi connectivity index (χ2n) is 16.4. The third-order valence-corrected chi connectivity index (χ3v) is 14.0. The molecule has 2 N–H and O–H groups in total. The van der Waals surface area contributed by atoms with Crippen LogP contribution in [0.1, 0.15) is 67.2 Å². The lowest BCUT2D eigenvalue weighted by Gasteiger charge is -2.56. The molecule has 6 aliphatic rings. The van der Waals surface area contributed by atoms with Crippen LogP contribution in [0.25, 0.3) is 0 Å². The number of rotatable bonds is 10. The van der Waals surface area contributed by atoms with Gasteiger partial charge in [0.05, 0.1) is 0 Å². The van der Waals surface area contributed by atoms with Gasteiger partial charge in [0.15, 0.2) is 0 Å². The summed E-state index contributed by atoms with van der Waals surface area (Å²) in [7, 11) is 0. The van der Waals surface area contributed by atoms with E-state index in [-0.39, 0.29) is 0 Å². The number of nitrogens with zero attached hydrogens (tertiary/aromatic N) is 2. The zero-order chi connectivity index (χ0) is 28.3. The highest BCUT2D eigenvalue weighted by Crippen LogP contribution is 2.86. The molecule has 4 aliphatic carbocycles. The molecule has 0 aromatic heterocycles. The van der Waals surface area contributed by atoms with Crippen molar-refractivity contribution in [1.82, 2.24) is 9.80 Å². The monoisotopic (exact) mass is 552 g/mol. The van der Waals surface area contributed by atoms with Crippen molar-refractivity contribution in [2.24, 2.45) is 44.3 Å². The van der Waals surface area contributed by atoms with Crippen molar-refractivity contribution in [3.63, 3.8) is 0 Å². The molecule has 6 heteroatoms. The average Bonchev–Trinajstić information content (AvgIpc) is 3.62. The Bertz CT molecular complexity index is 1060. The van der Waals surface area contributed by atoms with Crippen LogP contribution in [0.4, 0.5) is 0 Å². The standard InChI is InChI=1S/C34H52N2O4/c1-29(2)27-17-35(21-31(5)11-13-33(27,29)31)15-23(37)19-39-25-7-9-26(10-8-25)40-20-24(38)16-36-18-28-30(3,4)34(28)14-12-32(34,6)22-36/h7-10,23-24,27-28,37-38H,11-22H2,1-6H3. The lowest BCUT2D eigenvalue weighted by atomic mass is 9.53. The van der Waals surface area contributed by atoms with E-state index in [0.29, 0.717) is 58.8 Å². The van der Waals surface area contributed by atoms with Gasteiger partial charge in [0.1, 0.15) is 36.9 Å². The van der Waals surface area contributed by atoms with E-state index in [4.69, 9.17) is 9.47 Å². The molecular weight excluding hydrogens is 500 g/mol. The molecule has 2 heterocycles. The lowest BCUT2D eigenvalue weighted by molar-refractivity contribution is -0.0782. The van der Waals surface area contributed by atoms with Gasteiger partial charge in [-0.25, -0.2) is 0 Å². The summed E-state index contributed by atoms with van der Waals surface area (Å²) in [6, 6.07) is 7.57. The average molecular weight is 553 g/mol. The van der Waals surface area contributed by atoms with Crippen molar-refractivity contribution in [2.75, 3.05) is 52.5 Å². The van der Waals surface area contributed by atoms with Crippen LogP contribution in [0, 0.1) is 44.3 Å². The predicted molar refractivity (Wildman–Crippen MR) is 156 cm³/mol. The zero-order valence-electron chi connectivity index (χ0n) is 25.7. The van der Waals surface area contributed by atoms with Crippen molar-refractivity contribution in [1.29, 1.82) is 0 Å². The van der Waals surface area contributed by atoms with Gasteiger partial charge in [-0.2, -0.15) is 0 Å². The number of piperidine rings is 2. The maximum atomic E-state index is 10.8. The maximum absolute atomic E-state index is 10.8. The molecule has 4 saturated carbocycles. The van der Waals surface area contributed by atoms with Gasteiger partial charge in [0.2, 0.25) is 0 Å². The first-order chi connectivity index (χ1) is 18.8. The first-order valence-corrected chi connectivity index (χ1v) is 15.9. The smallest absolute Gasteiger partial charge is 0.119 e. The van der Waals surface area contributed by atoms with Crippen molar-refractivity contribution < 1.29 is 19.7 Å². The molecule has 0 amide bonds. The van der Waals surface area contributed by atoms with Gasteiger partial charge in [0.25, 0.3) is 0 Å². The van der Waals surface area contributed by atoms with Gasteiger partial charge in [-0.05, 0) is 94.3 Å². The molecule has 1 aromatic carbocycles. The summed E-state index contributed by atoms with van der Waals surface area (Å²) in [5, 5.41) is 21.5. The van der Waals surface area contributed by atoms with Crippen LogP contribution in [0.5, 0.6) is 11.5 Å². The third kappa shape index (κ3) is 3.55. The number of aliphatic hydroxyl groups is 2. The highest BCUT2D eigenvalue weighted by atomic mass is 16.5. The fourth-order valence-corrected chi connectivity index (χ4v) is 11.8. The topological polar surface area (TPSA) is 65.4 Å². The van der Waals surface area contributed by atoms with Crippen LogP contribution in [-0.4, -0.2) is 84.7 Å². The Morgan fingerprint density at radius 3 is 1.35 bits per heavy atom. The molecular formula is C34H52N2O4. The largest absolute Gasteiger partial charge is 0.491 e. The Morgan fingerprint density at radius 1 is 0.675 bits per heavy atom. The molecule has 8 unspecified atom stereocenters. The van der Waals surface area contributed by atoms with Gasteiger partial charge < -0.3 is 19.7 Å². The molecule has 7 rings (SSSR count). The van der Waals surface area contributed by atoms with E-state index >= 15 is 0 Å². The second-order valence-corrected chi connectivity index (χ2v) is 16.4. The van der Waals surface area contributed by atoms with Crippen molar-refractivity contribution >= 4 is 0 Å². The Kier molecular flexibility index (Phi) is 5.92. The normalized spacial score (nSPS) is 43.5. The van der Waals surface area contributed by atoms with E-state index in [9.17, 15) is 10.2 Å². The highest BCUT2D eigenvalue weighted by molar-refractivity contribution is 5.33. The van der Waals surface area contributed by atoms with E-state index in [0.717, 1.165) is 49.5 Å². The summed E-state index contributed by atoms with van der Waals surface area (Å²) < 4.78 is 11.9. The third-order valence-electron chi connectivity index (χ3n) is 14.0. The van der Waals surface area contributed by atoms with Crippen LogP contribution in [0.3, 0.4) is 0 Å². The molecule has 8 atom stereocenters. The van der Waals surface area contributed by atoms with Crippen LogP contribution < -0.4 is 9.47 Å². The molecule has 0 bridgehead atoms. The summed E-state index contributed by atoms with van der Waals surface area (Å²) >= 11 is 0. The summed E-state index contributed by atoms with van der Waals surface area (Å²) in [6.45, 7) is 21.1. The fraction of sp³-hybridized carbons (Fsp3) is 0.824.